The first-order valence-electron chi connectivity index (χ1n) is 13.7. The Balaban J connectivity index is 1.61. The number of piperidine rings is 1. The zero-order valence-corrected chi connectivity index (χ0v) is 23.9. The molecule has 2 aliphatic rings. The van der Waals surface area contributed by atoms with Gasteiger partial charge in [-0.3, -0.25) is 14.4 Å². The Morgan fingerprint density at radius 2 is 1.69 bits per heavy atom. The number of anilines is 1. The number of likely N-dealkylation sites (tertiary alicyclic amines) is 1. The lowest BCUT2D eigenvalue weighted by Gasteiger charge is -2.31. The summed E-state index contributed by atoms with van der Waals surface area (Å²) in [4.78, 5) is 44.4. The number of amides is 3. The number of rotatable bonds is 5. The Morgan fingerprint density at radius 1 is 1.02 bits per heavy atom. The molecule has 2 aliphatic heterocycles. The number of ether oxygens (including phenoxy) is 1. The first-order chi connectivity index (χ1) is 19.9. The largest absolute Gasteiger partial charge is 0.497 e. The normalized spacial score (nSPS) is 15.9. The topological polar surface area (TPSA) is 88.0 Å². The van der Waals surface area contributed by atoms with Crippen LogP contribution in [0.2, 0.25) is 0 Å². The van der Waals surface area contributed by atoms with E-state index in [4.69, 9.17) is 4.74 Å². The molecule has 0 N–H and O–H groups in total. The van der Waals surface area contributed by atoms with Gasteiger partial charge in [0, 0.05) is 50.5 Å². The number of hydrogen-bond acceptors (Lipinski definition) is 5. The molecule has 3 amide bonds. The average molecular weight is 584 g/mol. The van der Waals surface area contributed by atoms with Crippen molar-refractivity contribution < 1.29 is 32.3 Å². The average Bonchev–Trinajstić information content (AvgIpc) is 3.38. The van der Waals surface area contributed by atoms with Crippen molar-refractivity contribution in [1.29, 1.82) is 0 Å². The zero-order valence-electron chi connectivity index (χ0n) is 23.9. The zero-order chi connectivity index (χ0) is 30.3. The predicted octanol–water partition coefficient (Wildman–Crippen LogP) is 4.68. The van der Waals surface area contributed by atoms with Crippen LogP contribution in [-0.2, 0) is 12.6 Å². The quantitative estimate of drug-likeness (QED) is 0.436. The van der Waals surface area contributed by atoms with Gasteiger partial charge in [0.2, 0.25) is 0 Å². The highest BCUT2D eigenvalue weighted by Crippen LogP contribution is 2.38. The van der Waals surface area contributed by atoms with Crippen molar-refractivity contribution in [2.45, 2.75) is 32.4 Å². The predicted molar refractivity (Wildman–Crippen MR) is 149 cm³/mol. The minimum absolute atomic E-state index is 0.0120. The van der Waals surface area contributed by atoms with Gasteiger partial charge in [-0.15, -0.1) is 0 Å². The van der Waals surface area contributed by atoms with Crippen molar-refractivity contribution in [2.75, 3.05) is 45.7 Å². The monoisotopic (exact) mass is 583 g/mol. The Hall–Kier alpha value is -4.35. The van der Waals surface area contributed by atoms with Crippen LogP contribution in [0.4, 0.5) is 18.9 Å². The Kier molecular flexibility index (Phi) is 7.74. The van der Waals surface area contributed by atoms with E-state index in [0.717, 1.165) is 17.5 Å². The molecule has 0 bridgehead atoms. The van der Waals surface area contributed by atoms with Crippen LogP contribution < -0.4 is 9.64 Å². The highest BCUT2D eigenvalue weighted by atomic mass is 19.4. The minimum atomic E-state index is -4.81. The van der Waals surface area contributed by atoms with E-state index in [0.29, 0.717) is 36.0 Å². The fourth-order valence-electron chi connectivity index (χ4n) is 5.43. The van der Waals surface area contributed by atoms with Gasteiger partial charge in [-0.1, -0.05) is 6.92 Å². The summed E-state index contributed by atoms with van der Waals surface area (Å²) in [5, 5.41) is 3.91. The van der Waals surface area contributed by atoms with Crippen molar-refractivity contribution in [2.24, 2.45) is 5.92 Å². The standard InChI is InChI=1S/C30H32F3N5O4/c1-18-11-14-36(15-12-18)28(40)23-17-21(42-4)9-10-24(23)38-25-22(26(34-38)30(31,32)33)13-16-37(29(25)41)20-7-5-19(6-8-20)27(39)35(2)3/h5-10,17-18H,11-16H2,1-4H3. The highest BCUT2D eigenvalue weighted by molar-refractivity contribution is 6.08. The number of alkyl halides is 3. The molecule has 1 fully saturated rings. The van der Waals surface area contributed by atoms with Gasteiger partial charge in [0.15, 0.2) is 5.69 Å². The second-order valence-corrected chi connectivity index (χ2v) is 10.9. The van der Waals surface area contributed by atoms with E-state index in [-0.39, 0.29) is 47.3 Å². The molecule has 1 aromatic heterocycles. The van der Waals surface area contributed by atoms with Crippen LogP contribution in [0.15, 0.2) is 42.5 Å². The fourth-order valence-corrected chi connectivity index (χ4v) is 5.43. The molecule has 9 nitrogen and oxygen atoms in total. The molecule has 3 aromatic rings. The Morgan fingerprint density at radius 3 is 2.29 bits per heavy atom. The van der Waals surface area contributed by atoms with Gasteiger partial charge in [0.1, 0.15) is 11.4 Å². The number of carbonyl (C=O) groups excluding carboxylic acids is 3. The molecule has 3 heterocycles. The number of methoxy groups -OCH3 is 1. The van der Waals surface area contributed by atoms with Crippen LogP contribution in [0.25, 0.3) is 5.69 Å². The van der Waals surface area contributed by atoms with E-state index in [1.165, 1.54) is 35.1 Å². The van der Waals surface area contributed by atoms with Crippen molar-refractivity contribution in [3.63, 3.8) is 0 Å². The van der Waals surface area contributed by atoms with Crippen molar-refractivity contribution in [3.05, 3.63) is 70.5 Å². The van der Waals surface area contributed by atoms with Gasteiger partial charge in [0.25, 0.3) is 17.7 Å². The number of hydrogen-bond donors (Lipinski definition) is 0. The lowest BCUT2D eigenvalue weighted by molar-refractivity contribution is -0.141. The highest BCUT2D eigenvalue weighted by Gasteiger charge is 2.44. The maximum absolute atomic E-state index is 14.2. The maximum Gasteiger partial charge on any atom is 0.435 e. The number of halogens is 3. The molecule has 0 unspecified atom stereocenters. The second-order valence-electron chi connectivity index (χ2n) is 10.9. The lowest BCUT2D eigenvalue weighted by atomic mass is 9.98. The number of benzene rings is 2. The van der Waals surface area contributed by atoms with E-state index in [2.05, 4.69) is 12.0 Å². The van der Waals surface area contributed by atoms with Gasteiger partial charge in [-0.25, -0.2) is 4.68 Å². The van der Waals surface area contributed by atoms with E-state index in [1.54, 1.807) is 43.3 Å². The summed E-state index contributed by atoms with van der Waals surface area (Å²) in [6.45, 7) is 3.13. The molecular formula is C30H32F3N5O4. The summed E-state index contributed by atoms with van der Waals surface area (Å²) in [6.07, 6.45) is -3.29. The first-order valence-corrected chi connectivity index (χ1v) is 13.7. The third kappa shape index (κ3) is 5.33. The van der Waals surface area contributed by atoms with Gasteiger partial charge in [-0.05, 0) is 67.6 Å². The molecular weight excluding hydrogens is 551 g/mol. The maximum atomic E-state index is 14.2. The molecule has 12 heteroatoms. The Labute approximate surface area is 241 Å². The first kappa shape index (κ1) is 29.2. The third-order valence-corrected chi connectivity index (χ3v) is 7.85. The molecule has 0 saturated carbocycles. The van der Waals surface area contributed by atoms with Gasteiger partial charge < -0.3 is 19.4 Å². The summed E-state index contributed by atoms with van der Waals surface area (Å²) in [6, 6.07) is 10.8. The summed E-state index contributed by atoms with van der Waals surface area (Å²) in [5.74, 6) is -0.460. The molecule has 2 aromatic carbocycles. The minimum Gasteiger partial charge on any atom is -0.497 e. The molecule has 1 saturated heterocycles. The van der Waals surface area contributed by atoms with Crippen molar-refractivity contribution >= 4 is 23.4 Å². The van der Waals surface area contributed by atoms with Crippen LogP contribution in [0.1, 0.15) is 62.2 Å². The van der Waals surface area contributed by atoms with Gasteiger partial charge in [-0.2, -0.15) is 18.3 Å². The number of fused-ring (bicyclic) bond motifs is 1. The van der Waals surface area contributed by atoms with Crippen LogP contribution in [-0.4, -0.2) is 78.1 Å². The number of nitrogens with zero attached hydrogens (tertiary/aromatic N) is 5. The van der Waals surface area contributed by atoms with Crippen LogP contribution in [0, 0.1) is 5.92 Å². The fraction of sp³-hybridized carbons (Fsp3) is 0.400. The van der Waals surface area contributed by atoms with Crippen LogP contribution in [0.3, 0.4) is 0 Å². The molecule has 0 atom stereocenters. The number of aromatic nitrogens is 2. The van der Waals surface area contributed by atoms with E-state index < -0.39 is 17.8 Å². The summed E-state index contributed by atoms with van der Waals surface area (Å²) in [7, 11) is 4.67. The van der Waals surface area contributed by atoms with Gasteiger partial charge in [0.05, 0.1) is 18.4 Å². The molecule has 0 spiro atoms. The molecule has 0 aliphatic carbocycles. The van der Waals surface area contributed by atoms with Crippen molar-refractivity contribution in [1.82, 2.24) is 19.6 Å². The molecule has 222 valence electrons. The molecule has 5 rings (SSSR count). The van der Waals surface area contributed by atoms with Crippen LogP contribution in [0.5, 0.6) is 5.75 Å². The summed E-state index contributed by atoms with van der Waals surface area (Å²) < 4.78 is 48.9. The number of carbonyl (C=O) groups is 3. The molecule has 42 heavy (non-hydrogen) atoms. The SMILES string of the molecule is COc1ccc(-n2nc(C(F)(F)F)c3c2C(=O)N(c2ccc(C(=O)N(C)C)cc2)CC3)c(C(=O)N2CCC(C)CC2)c1. The van der Waals surface area contributed by atoms with E-state index in [1.807, 2.05) is 0 Å². The van der Waals surface area contributed by atoms with Crippen LogP contribution >= 0.6 is 0 Å². The smallest absolute Gasteiger partial charge is 0.435 e. The van der Waals surface area contributed by atoms with E-state index in [9.17, 15) is 27.6 Å². The van der Waals surface area contributed by atoms with Gasteiger partial charge >= 0.3 is 6.18 Å². The Bertz CT molecular complexity index is 1520. The summed E-state index contributed by atoms with van der Waals surface area (Å²) in [5.41, 5.74) is -0.633. The third-order valence-electron chi connectivity index (χ3n) is 7.85. The second kappa shape index (κ2) is 11.1. The van der Waals surface area contributed by atoms with E-state index >= 15 is 0 Å². The van der Waals surface area contributed by atoms with Crippen molar-refractivity contribution in [3.8, 4) is 11.4 Å². The lowest BCUT2D eigenvalue weighted by Crippen LogP contribution is -2.40. The molecule has 0 radical (unpaired) electrons. The summed E-state index contributed by atoms with van der Waals surface area (Å²) >= 11 is 0.